The van der Waals surface area contributed by atoms with Crippen molar-refractivity contribution in [3.63, 3.8) is 0 Å². The van der Waals surface area contributed by atoms with Crippen molar-refractivity contribution in [1.29, 1.82) is 0 Å². The van der Waals surface area contributed by atoms with Crippen molar-refractivity contribution in [2.45, 2.75) is 19.8 Å². The molecule has 0 aromatic heterocycles. The van der Waals surface area contributed by atoms with Crippen molar-refractivity contribution < 1.29 is 76.2 Å². The van der Waals surface area contributed by atoms with Gasteiger partial charge in [0.05, 0.1) is 158 Å². The molecule has 1 aromatic rings. The Hall–Kier alpha value is -2.03. The summed E-state index contributed by atoms with van der Waals surface area (Å²) in [4.78, 5) is 0. The van der Waals surface area contributed by atoms with E-state index in [9.17, 15) is 0 Å². The molecule has 0 saturated carbocycles. The summed E-state index contributed by atoms with van der Waals surface area (Å²) in [6.07, 6.45) is 1.46. The highest BCUT2D eigenvalue weighted by atomic mass is 16.6. The largest absolute Gasteiger partial charge is 0.487 e. The number of hydrogen-bond acceptors (Lipinski definition) is 16. The summed E-state index contributed by atoms with van der Waals surface area (Å²) in [5.41, 5.74) is 1.00. The highest BCUT2D eigenvalue weighted by molar-refractivity contribution is 5.54. The molecule has 0 amide bonds. The fourth-order valence-electron chi connectivity index (χ4n) is 4.40. The van der Waals surface area contributed by atoms with Crippen LogP contribution in [0, 0.1) is 5.92 Å². The van der Waals surface area contributed by atoms with Gasteiger partial charge in [-0.25, -0.2) is 0 Å². The normalized spacial score (nSPS) is 11.4. The Kier molecular flexibility index (Phi) is 36.3. The van der Waals surface area contributed by atoms with Crippen LogP contribution in [-0.4, -0.2) is 192 Å². The van der Waals surface area contributed by atoms with Crippen molar-refractivity contribution in [1.82, 2.24) is 0 Å². The third-order valence-corrected chi connectivity index (χ3v) is 7.10. The average Bonchev–Trinajstić information content (AvgIpc) is 3.17. The molecule has 54 heavy (non-hydrogen) atoms. The Morgan fingerprint density at radius 1 is 0.407 bits per heavy atom. The number of ether oxygens (including phenoxy) is 15. The summed E-state index contributed by atoms with van der Waals surface area (Å²) < 4.78 is 83.8. The molecule has 0 spiro atoms. The molecule has 0 aliphatic heterocycles. The lowest BCUT2D eigenvalue weighted by atomic mass is 9.98. The van der Waals surface area contributed by atoms with Gasteiger partial charge >= 0.3 is 0 Å². The van der Waals surface area contributed by atoms with E-state index in [1.807, 2.05) is 12.1 Å². The van der Waals surface area contributed by atoms with Crippen LogP contribution in [0.15, 0.2) is 12.1 Å². The first-order chi connectivity index (χ1) is 26.7. The lowest BCUT2D eigenvalue weighted by Crippen LogP contribution is -2.16. The fourth-order valence-corrected chi connectivity index (χ4v) is 4.40. The third-order valence-electron chi connectivity index (χ3n) is 7.10. The van der Waals surface area contributed by atoms with Crippen LogP contribution in [0.4, 0.5) is 0 Å². The second-order valence-electron chi connectivity index (χ2n) is 11.6. The molecule has 316 valence electrons. The molecule has 1 rings (SSSR count). The van der Waals surface area contributed by atoms with Gasteiger partial charge in [-0.1, -0.05) is 0 Å². The van der Waals surface area contributed by atoms with Gasteiger partial charge in [0.25, 0.3) is 0 Å². The van der Waals surface area contributed by atoms with Gasteiger partial charge in [0.1, 0.15) is 32.7 Å². The maximum Gasteiger partial charge on any atom is 0.203 e. The van der Waals surface area contributed by atoms with Gasteiger partial charge in [0, 0.05) is 26.9 Å². The van der Waals surface area contributed by atoms with Gasteiger partial charge in [-0.3, -0.25) is 0 Å². The minimum Gasteiger partial charge on any atom is -0.487 e. The SMILES string of the molecule is COCCOCCOCCOc1cc(C[C+](C)CCOCCOCCOCCO)cc(OCCOCCOCCOC)c1OCCOCCOCCOC. The standard InChI is InChI=1S/C38H69O16/c1-34(5-7-43-15-17-48-18-16-44-8-6-39)31-35-32-36(52-28-25-49-22-19-45-12-9-40-2)38(54-30-27-51-24-21-47-14-11-42-4)37(33-35)53-29-26-50-23-20-46-13-10-41-3/h32-33,39H,5-31H2,1-4H3/q+1. The van der Waals surface area contributed by atoms with Crippen LogP contribution in [0.25, 0.3) is 0 Å². The van der Waals surface area contributed by atoms with Crippen molar-refractivity contribution in [2.75, 3.05) is 187 Å². The zero-order chi connectivity index (χ0) is 39.0. The Labute approximate surface area is 323 Å². The maximum absolute atomic E-state index is 8.76. The van der Waals surface area contributed by atoms with Crippen LogP contribution in [0.5, 0.6) is 17.2 Å². The van der Waals surface area contributed by atoms with Gasteiger partial charge in [-0.2, -0.15) is 0 Å². The molecule has 16 heteroatoms. The quantitative estimate of drug-likeness (QED) is 0.0760. The fraction of sp³-hybridized carbons (Fsp3) is 0.816. The van der Waals surface area contributed by atoms with E-state index >= 15 is 0 Å². The van der Waals surface area contributed by atoms with E-state index in [2.05, 4.69) is 6.92 Å². The summed E-state index contributed by atoms with van der Waals surface area (Å²) in [6, 6.07) is 3.96. The minimum atomic E-state index is 0.00499. The topological polar surface area (TPSA) is 159 Å². The number of aliphatic hydroxyl groups excluding tert-OH is 1. The second kappa shape index (κ2) is 39.2. The summed E-state index contributed by atoms with van der Waals surface area (Å²) in [7, 11) is 4.91. The van der Waals surface area contributed by atoms with Crippen LogP contribution in [0.2, 0.25) is 0 Å². The third kappa shape index (κ3) is 30.2. The number of hydrogen-bond donors (Lipinski definition) is 1. The van der Waals surface area contributed by atoms with E-state index in [0.29, 0.717) is 176 Å². The zero-order valence-electron chi connectivity index (χ0n) is 33.3. The summed E-state index contributed by atoms with van der Waals surface area (Å²) in [5.74, 6) is 2.80. The van der Waals surface area contributed by atoms with Gasteiger partial charge in [0.15, 0.2) is 11.5 Å². The summed E-state index contributed by atoms with van der Waals surface area (Å²) in [5, 5.41) is 8.76. The highest BCUT2D eigenvalue weighted by Crippen LogP contribution is 2.40. The molecule has 1 N–H and O–H groups in total. The maximum atomic E-state index is 8.76. The van der Waals surface area contributed by atoms with Crippen molar-refractivity contribution in [2.24, 2.45) is 0 Å². The molecule has 0 radical (unpaired) electrons. The van der Waals surface area contributed by atoms with E-state index in [-0.39, 0.29) is 13.2 Å². The molecule has 16 nitrogen and oxygen atoms in total. The molecule has 0 aliphatic carbocycles. The Morgan fingerprint density at radius 2 is 0.722 bits per heavy atom. The predicted octanol–water partition coefficient (Wildman–Crippen LogP) is 2.43. The highest BCUT2D eigenvalue weighted by Gasteiger charge is 2.21. The first-order valence-electron chi connectivity index (χ1n) is 18.8. The van der Waals surface area contributed by atoms with Crippen LogP contribution >= 0.6 is 0 Å². The summed E-state index contributed by atoms with van der Waals surface area (Å²) in [6.45, 7) is 12.7. The van der Waals surface area contributed by atoms with Crippen LogP contribution in [-0.2, 0) is 63.3 Å². The van der Waals surface area contributed by atoms with Gasteiger partial charge in [-0.05, 0) is 12.1 Å². The van der Waals surface area contributed by atoms with E-state index in [1.165, 1.54) is 5.92 Å². The molecular weight excluding hydrogens is 712 g/mol. The minimum absolute atomic E-state index is 0.00499. The molecule has 0 bridgehead atoms. The van der Waals surface area contributed by atoms with E-state index in [0.717, 1.165) is 12.0 Å². The van der Waals surface area contributed by atoms with E-state index in [1.54, 1.807) is 21.3 Å². The van der Waals surface area contributed by atoms with E-state index in [4.69, 9.17) is 76.2 Å². The number of aliphatic hydroxyl groups is 1. The Morgan fingerprint density at radius 3 is 1.09 bits per heavy atom. The monoisotopic (exact) mass is 781 g/mol. The number of rotatable bonds is 43. The molecular formula is C38H69O16+. The average molecular weight is 782 g/mol. The zero-order valence-corrected chi connectivity index (χ0v) is 33.3. The number of benzene rings is 1. The van der Waals surface area contributed by atoms with E-state index < -0.39 is 0 Å². The van der Waals surface area contributed by atoms with Crippen molar-refractivity contribution in [3.05, 3.63) is 23.6 Å². The molecule has 0 fully saturated rings. The van der Waals surface area contributed by atoms with Crippen LogP contribution in [0.1, 0.15) is 18.9 Å². The predicted molar refractivity (Wildman–Crippen MR) is 200 cm³/mol. The first-order valence-corrected chi connectivity index (χ1v) is 18.8. The second-order valence-corrected chi connectivity index (χ2v) is 11.6. The molecule has 1 aromatic carbocycles. The Balaban J connectivity index is 2.86. The molecule has 0 atom stereocenters. The van der Waals surface area contributed by atoms with Crippen LogP contribution < -0.4 is 14.2 Å². The summed E-state index contributed by atoms with van der Waals surface area (Å²) >= 11 is 0. The molecule has 0 unspecified atom stereocenters. The van der Waals surface area contributed by atoms with Crippen molar-refractivity contribution in [3.8, 4) is 17.2 Å². The lowest BCUT2D eigenvalue weighted by molar-refractivity contribution is 0.00770. The van der Waals surface area contributed by atoms with Gasteiger partial charge in [0.2, 0.25) is 5.75 Å². The van der Waals surface area contributed by atoms with Gasteiger partial charge in [-0.15, -0.1) is 0 Å². The van der Waals surface area contributed by atoms with Crippen molar-refractivity contribution >= 4 is 0 Å². The first kappa shape index (κ1) is 50.0. The smallest absolute Gasteiger partial charge is 0.203 e. The number of methoxy groups -OCH3 is 3. The van der Waals surface area contributed by atoms with Crippen LogP contribution in [0.3, 0.4) is 0 Å². The lowest BCUT2D eigenvalue weighted by Gasteiger charge is -2.19. The molecule has 0 heterocycles. The van der Waals surface area contributed by atoms with Gasteiger partial charge < -0.3 is 76.2 Å². The Bertz CT molecular complexity index is 884. The molecule has 0 saturated heterocycles. The molecule has 0 aliphatic rings.